The van der Waals surface area contributed by atoms with E-state index in [-0.39, 0.29) is 12.5 Å². The number of nitrogens with zero attached hydrogens (tertiary/aromatic N) is 3. The van der Waals surface area contributed by atoms with Gasteiger partial charge in [-0.1, -0.05) is 19.3 Å². The highest BCUT2D eigenvalue weighted by Gasteiger charge is 2.22. The van der Waals surface area contributed by atoms with Crippen LogP contribution in [-0.4, -0.2) is 47.0 Å². The van der Waals surface area contributed by atoms with Crippen LogP contribution in [0.5, 0.6) is 11.5 Å². The van der Waals surface area contributed by atoms with Gasteiger partial charge in [0, 0.05) is 31.0 Å². The molecule has 0 atom stereocenters. The van der Waals surface area contributed by atoms with Crippen LogP contribution in [0.4, 0.5) is 5.69 Å². The topological polar surface area (TPSA) is 82.1 Å². The van der Waals surface area contributed by atoms with Crippen molar-refractivity contribution >= 4 is 17.2 Å². The number of likely N-dealkylation sites (N-methyl/N-ethyl adjacent to an activating group) is 1. The first-order valence-corrected chi connectivity index (χ1v) is 10.4. The average molecular weight is 409 g/mol. The zero-order valence-corrected chi connectivity index (χ0v) is 17.5. The van der Waals surface area contributed by atoms with Gasteiger partial charge in [0.1, 0.15) is 5.75 Å². The minimum Gasteiger partial charge on any atom is -0.495 e. The molecular formula is C23H28N4O3. The van der Waals surface area contributed by atoms with Gasteiger partial charge in [0.15, 0.2) is 18.0 Å². The molecule has 2 aromatic heterocycles. The molecule has 158 valence electrons. The van der Waals surface area contributed by atoms with E-state index in [0.717, 1.165) is 24.1 Å². The Morgan fingerprint density at radius 1 is 1.23 bits per heavy atom. The van der Waals surface area contributed by atoms with Crippen molar-refractivity contribution in [1.29, 1.82) is 0 Å². The number of pyridine rings is 1. The van der Waals surface area contributed by atoms with Gasteiger partial charge < -0.3 is 24.5 Å². The summed E-state index contributed by atoms with van der Waals surface area (Å²) in [6, 6.07) is 9.62. The third-order valence-electron chi connectivity index (χ3n) is 5.84. The van der Waals surface area contributed by atoms with Gasteiger partial charge in [0.05, 0.1) is 18.5 Å². The Kier molecular flexibility index (Phi) is 5.79. The summed E-state index contributed by atoms with van der Waals surface area (Å²) in [5.74, 6) is 1.21. The van der Waals surface area contributed by atoms with Crippen LogP contribution in [-0.2, 0) is 4.79 Å². The van der Waals surface area contributed by atoms with Gasteiger partial charge in [-0.25, -0.2) is 4.98 Å². The van der Waals surface area contributed by atoms with Gasteiger partial charge in [0.2, 0.25) is 0 Å². The minimum atomic E-state index is -0.00129. The number of nitrogen functional groups attached to an aromatic ring is 1. The number of carbonyl (C=O) groups excluding carboxylic acids is 1. The Bertz CT molecular complexity index is 1040. The SMILES string of the molecule is COc1ccc(-c2cn3cccc(OCC(=O)N(C)C4CCCCC4)c3n2)cc1N. The maximum atomic E-state index is 12.6. The minimum absolute atomic E-state index is 0.00129. The zero-order valence-electron chi connectivity index (χ0n) is 17.5. The van der Waals surface area contributed by atoms with Crippen molar-refractivity contribution in [2.75, 3.05) is 26.5 Å². The van der Waals surface area contributed by atoms with E-state index in [1.807, 2.05) is 59.1 Å². The van der Waals surface area contributed by atoms with Crippen LogP contribution >= 0.6 is 0 Å². The number of fused-ring (bicyclic) bond motifs is 1. The van der Waals surface area contributed by atoms with Gasteiger partial charge in [-0.2, -0.15) is 0 Å². The van der Waals surface area contributed by atoms with Crippen LogP contribution in [0.1, 0.15) is 32.1 Å². The smallest absolute Gasteiger partial charge is 0.260 e. The van der Waals surface area contributed by atoms with E-state index in [9.17, 15) is 4.79 Å². The molecule has 1 aliphatic carbocycles. The molecule has 1 aliphatic rings. The van der Waals surface area contributed by atoms with E-state index in [4.69, 9.17) is 20.2 Å². The van der Waals surface area contributed by atoms with Crippen molar-refractivity contribution in [2.24, 2.45) is 0 Å². The molecule has 0 unspecified atom stereocenters. The van der Waals surface area contributed by atoms with Crippen molar-refractivity contribution in [1.82, 2.24) is 14.3 Å². The number of aromatic nitrogens is 2. The summed E-state index contributed by atoms with van der Waals surface area (Å²) in [6.45, 7) is 0.00432. The van der Waals surface area contributed by atoms with E-state index in [0.29, 0.717) is 28.9 Å². The molecule has 7 nitrogen and oxygen atoms in total. The lowest BCUT2D eigenvalue weighted by Crippen LogP contribution is -2.40. The van der Waals surface area contributed by atoms with Gasteiger partial charge in [-0.05, 0) is 43.2 Å². The van der Waals surface area contributed by atoms with E-state index in [1.165, 1.54) is 19.3 Å². The molecule has 1 saturated carbocycles. The highest BCUT2D eigenvalue weighted by atomic mass is 16.5. The zero-order chi connectivity index (χ0) is 21.1. The maximum Gasteiger partial charge on any atom is 0.260 e. The van der Waals surface area contributed by atoms with Gasteiger partial charge in [-0.15, -0.1) is 0 Å². The number of amides is 1. The van der Waals surface area contributed by atoms with Crippen molar-refractivity contribution < 1.29 is 14.3 Å². The lowest BCUT2D eigenvalue weighted by Gasteiger charge is -2.31. The molecule has 7 heteroatoms. The molecular weight excluding hydrogens is 380 g/mol. The molecule has 1 aromatic carbocycles. The fourth-order valence-corrected chi connectivity index (χ4v) is 4.05. The summed E-state index contributed by atoms with van der Waals surface area (Å²) >= 11 is 0. The fourth-order valence-electron chi connectivity index (χ4n) is 4.05. The van der Waals surface area contributed by atoms with Crippen molar-refractivity contribution in [2.45, 2.75) is 38.1 Å². The molecule has 4 rings (SSSR count). The van der Waals surface area contributed by atoms with E-state index in [2.05, 4.69) is 0 Å². The number of rotatable bonds is 6. The molecule has 0 aliphatic heterocycles. The number of hydrogen-bond donors (Lipinski definition) is 1. The summed E-state index contributed by atoms with van der Waals surface area (Å²) in [6.07, 6.45) is 9.61. The second-order valence-electron chi connectivity index (χ2n) is 7.77. The Hall–Kier alpha value is -3.22. The quantitative estimate of drug-likeness (QED) is 0.628. The highest BCUT2D eigenvalue weighted by molar-refractivity contribution is 5.78. The highest BCUT2D eigenvalue weighted by Crippen LogP contribution is 2.30. The van der Waals surface area contributed by atoms with E-state index < -0.39 is 0 Å². The van der Waals surface area contributed by atoms with Gasteiger partial charge in [0.25, 0.3) is 5.91 Å². The molecule has 3 aromatic rings. The Morgan fingerprint density at radius 2 is 2.03 bits per heavy atom. The Balaban J connectivity index is 1.51. The standard InChI is InChI=1S/C23H28N4O3/c1-26(17-7-4-3-5-8-17)22(28)15-30-21-9-6-12-27-14-19(25-23(21)27)16-10-11-20(29-2)18(24)13-16/h6,9-14,17H,3-5,7-8,15,24H2,1-2H3. The number of carbonyl (C=O) groups is 1. The summed E-state index contributed by atoms with van der Waals surface area (Å²) in [4.78, 5) is 19.2. The predicted molar refractivity (Wildman–Crippen MR) is 117 cm³/mol. The van der Waals surface area contributed by atoms with Crippen LogP contribution in [0.25, 0.3) is 16.9 Å². The molecule has 1 amide bonds. The summed E-state index contributed by atoms with van der Waals surface area (Å²) in [5, 5.41) is 0. The van der Waals surface area contributed by atoms with Crippen molar-refractivity contribution in [3.8, 4) is 22.8 Å². The van der Waals surface area contributed by atoms with Crippen LogP contribution < -0.4 is 15.2 Å². The molecule has 2 heterocycles. The van der Waals surface area contributed by atoms with Crippen LogP contribution in [0.2, 0.25) is 0 Å². The Labute approximate surface area is 176 Å². The first-order chi connectivity index (χ1) is 14.6. The first kappa shape index (κ1) is 20.1. The Morgan fingerprint density at radius 3 is 2.77 bits per heavy atom. The van der Waals surface area contributed by atoms with E-state index >= 15 is 0 Å². The number of benzene rings is 1. The molecule has 1 fully saturated rings. The van der Waals surface area contributed by atoms with Crippen LogP contribution in [0.15, 0.2) is 42.7 Å². The number of imidazole rings is 1. The van der Waals surface area contributed by atoms with Crippen molar-refractivity contribution in [3.63, 3.8) is 0 Å². The molecule has 0 saturated heterocycles. The normalized spacial score (nSPS) is 14.6. The third kappa shape index (κ3) is 4.06. The van der Waals surface area contributed by atoms with E-state index in [1.54, 1.807) is 7.11 Å². The number of methoxy groups -OCH3 is 1. The molecule has 0 spiro atoms. The van der Waals surface area contributed by atoms with Crippen LogP contribution in [0.3, 0.4) is 0 Å². The number of anilines is 1. The van der Waals surface area contributed by atoms with Gasteiger partial charge in [-0.3, -0.25) is 4.79 Å². The molecule has 0 bridgehead atoms. The summed E-state index contributed by atoms with van der Waals surface area (Å²) in [5.41, 5.74) is 8.91. The second kappa shape index (κ2) is 8.65. The number of nitrogens with two attached hydrogens (primary N) is 1. The maximum absolute atomic E-state index is 12.6. The number of hydrogen-bond acceptors (Lipinski definition) is 5. The molecule has 30 heavy (non-hydrogen) atoms. The lowest BCUT2D eigenvalue weighted by molar-refractivity contribution is -0.134. The summed E-state index contributed by atoms with van der Waals surface area (Å²) < 4.78 is 13.0. The predicted octanol–water partition coefficient (Wildman–Crippen LogP) is 3.76. The largest absolute Gasteiger partial charge is 0.495 e. The monoisotopic (exact) mass is 408 g/mol. The molecule has 2 N–H and O–H groups in total. The number of ether oxygens (including phenoxy) is 2. The van der Waals surface area contributed by atoms with Crippen molar-refractivity contribution in [3.05, 3.63) is 42.7 Å². The van der Waals surface area contributed by atoms with Gasteiger partial charge >= 0.3 is 0 Å². The second-order valence-corrected chi connectivity index (χ2v) is 7.77. The lowest BCUT2D eigenvalue weighted by atomic mass is 9.94. The summed E-state index contributed by atoms with van der Waals surface area (Å²) in [7, 11) is 3.47. The third-order valence-corrected chi connectivity index (χ3v) is 5.84. The average Bonchev–Trinajstić information content (AvgIpc) is 3.22. The first-order valence-electron chi connectivity index (χ1n) is 10.4. The fraction of sp³-hybridized carbons (Fsp3) is 0.391. The van der Waals surface area contributed by atoms with Crippen LogP contribution in [0, 0.1) is 0 Å². The molecule has 0 radical (unpaired) electrons.